The summed E-state index contributed by atoms with van der Waals surface area (Å²) in [6.45, 7) is 11.0. The SMILES string of the molecule is COc1cc(-c2cn(C)c(=O)c(C)c2C)cc(OC)c1CN1CCN(CC(=O)NCCOc2ccc3c(c2)CCN(C(=O)C(C#N)=Cc2nccs2)C3C)CC1. The van der Waals surface area contributed by atoms with E-state index in [1.807, 2.05) is 68.7 Å². The molecule has 4 heterocycles. The fourth-order valence-corrected chi connectivity index (χ4v) is 7.98. The van der Waals surface area contributed by atoms with Gasteiger partial charge < -0.3 is 29.0 Å². The molecule has 1 atom stereocenters. The van der Waals surface area contributed by atoms with Gasteiger partial charge in [-0.3, -0.25) is 24.2 Å². The molecule has 2 aromatic heterocycles. The zero-order valence-electron chi connectivity index (χ0n) is 32.9. The van der Waals surface area contributed by atoms with Gasteiger partial charge >= 0.3 is 0 Å². The van der Waals surface area contributed by atoms with Gasteiger partial charge in [-0.25, -0.2) is 4.98 Å². The first-order valence-corrected chi connectivity index (χ1v) is 19.6. The highest BCUT2D eigenvalue weighted by molar-refractivity contribution is 7.10. The third-order valence-electron chi connectivity index (χ3n) is 10.7. The molecule has 1 N–H and O–H groups in total. The van der Waals surface area contributed by atoms with Crippen molar-refractivity contribution in [2.45, 2.75) is 39.8 Å². The second-order valence-electron chi connectivity index (χ2n) is 14.1. The zero-order chi connectivity index (χ0) is 39.9. The highest BCUT2D eigenvalue weighted by atomic mass is 32.1. The number of aryl methyl sites for hydroxylation is 1. The lowest BCUT2D eigenvalue weighted by Crippen LogP contribution is -2.49. The first-order valence-electron chi connectivity index (χ1n) is 18.7. The Kier molecular flexibility index (Phi) is 12.9. The summed E-state index contributed by atoms with van der Waals surface area (Å²) in [6, 6.07) is 11.7. The molecule has 0 aliphatic carbocycles. The molecule has 0 saturated carbocycles. The second kappa shape index (κ2) is 18.0. The number of carbonyl (C=O) groups excluding carboxylic acids is 2. The topological polar surface area (TPSA) is 142 Å². The molecule has 14 heteroatoms. The molecule has 6 rings (SSSR count). The van der Waals surface area contributed by atoms with Crippen LogP contribution in [0.3, 0.4) is 0 Å². The lowest BCUT2D eigenvalue weighted by atomic mass is 9.92. The van der Waals surface area contributed by atoms with Crippen molar-refractivity contribution in [2.24, 2.45) is 7.05 Å². The van der Waals surface area contributed by atoms with Gasteiger partial charge in [0.05, 0.1) is 38.9 Å². The Labute approximate surface area is 331 Å². The minimum Gasteiger partial charge on any atom is -0.496 e. The number of piperazine rings is 1. The third-order valence-corrected chi connectivity index (χ3v) is 11.5. The quantitative estimate of drug-likeness (QED) is 0.117. The van der Waals surface area contributed by atoms with Gasteiger partial charge in [0.15, 0.2) is 0 Å². The van der Waals surface area contributed by atoms with Crippen LogP contribution >= 0.6 is 11.3 Å². The van der Waals surface area contributed by atoms with Gasteiger partial charge in [-0.15, -0.1) is 11.3 Å². The maximum atomic E-state index is 13.2. The molecule has 2 aliphatic rings. The molecule has 2 aliphatic heterocycles. The Hall–Kier alpha value is -5.49. The van der Waals surface area contributed by atoms with E-state index in [0.29, 0.717) is 55.5 Å². The van der Waals surface area contributed by atoms with Crippen molar-refractivity contribution in [3.8, 4) is 34.4 Å². The number of nitrogens with one attached hydrogen (secondary N) is 1. The summed E-state index contributed by atoms with van der Waals surface area (Å²) < 4.78 is 19.3. The normalized spacial score (nSPS) is 16.2. The summed E-state index contributed by atoms with van der Waals surface area (Å²) in [5.41, 5.74) is 6.67. The van der Waals surface area contributed by atoms with Crippen molar-refractivity contribution in [2.75, 3.05) is 66.6 Å². The van der Waals surface area contributed by atoms with Gasteiger partial charge in [0.1, 0.15) is 40.5 Å². The lowest BCUT2D eigenvalue weighted by Gasteiger charge is -2.35. The molecule has 1 fully saturated rings. The maximum Gasteiger partial charge on any atom is 0.265 e. The van der Waals surface area contributed by atoms with Crippen LogP contribution in [0, 0.1) is 25.2 Å². The number of ether oxygens (including phenoxy) is 3. The molecule has 0 spiro atoms. The molecule has 2 aromatic carbocycles. The van der Waals surface area contributed by atoms with E-state index in [2.05, 4.69) is 20.1 Å². The Morgan fingerprint density at radius 1 is 1.04 bits per heavy atom. The number of rotatable bonds is 13. The fourth-order valence-electron chi connectivity index (χ4n) is 7.41. The standard InChI is InChI=1S/C42H49N7O6S/c1-27-28(2)41(51)46(4)24-35(27)31-20-37(53-5)36(38(21-31)54-6)25-47-13-15-48(16-14-47)26-39(50)44-10-17-55-33-7-8-34-29(3)49(12-9-30(34)19-33)42(52)32(23-43)22-40-45-11-18-56-40/h7-8,11,18-22,24,29H,9-10,12-17,25-26H2,1-6H3,(H,44,50). The molecule has 294 valence electrons. The van der Waals surface area contributed by atoms with Crippen LogP contribution in [-0.2, 0) is 29.6 Å². The average molecular weight is 780 g/mol. The van der Waals surface area contributed by atoms with Crippen molar-refractivity contribution in [3.63, 3.8) is 0 Å². The number of nitrogens with zero attached hydrogens (tertiary/aromatic N) is 6. The van der Waals surface area contributed by atoms with E-state index in [1.165, 1.54) is 11.3 Å². The molecular weight excluding hydrogens is 731 g/mol. The number of fused-ring (bicyclic) bond motifs is 1. The molecule has 4 aromatic rings. The fraction of sp³-hybridized carbons (Fsp3) is 0.405. The summed E-state index contributed by atoms with van der Waals surface area (Å²) in [5.74, 6) is 1.82. The first-order chi connectivity index (χ1) is 27.0. The smallest absolute Gasteiger partial charge is 0.265 e. The minimum atomic E-state index is -0.299. The summed E-state index contributed by atoms with van der Waals surface area (Å²) >= 11 is 1.38. The van der Waals surface area contributed by atoms with Gasteiger partial charge in [-0.05, 0) is 79.8 Å². The van der Waals surface area contributed by atoms with Crippen LogP contribution in [0.15, 0.2) is 58.5 Å². The van der Waals surface area contributed by atoms with Gasteiger partial charge in [-0.2, -0.15) is 5.26 Å². The Balaban J connectivity index is 0.953. The van der Waals surface area contributed by atoms with Crippen LogP contribution in [0.1, 0.15) is 45.8 Å². The van der Waals surface area contributed by atoms with Crippen LogP contribution in [0.2, 0.25) is 0 Å². The Bertz CT molecular complexity index is 2180. The van der Waals surface area contributed by atoms with E-state index in [-0.39, 0.29) is 29.0 Å². The van der Waals surface area contributed by atoms with Crippen LogP contribution < -0.4 is 25.1 Å². The van der Waals surface area contributed by atoms with Gasteiger partial charge in [-0.1, -0.05) is 6.07 Å². The van der Waals surface area contributed by atoms with E-state index in [1.54, 1.807) is 43.0 Å². The number of hydrogen-bond donors (Lipinski definition) is 1. The van der Waals surface area contributed by atoms with E-state index in [0.717, 1.165) is 71.1 Å². The van der Waals surface area contributed by atoms with E-state index in [4.69, 9.17) is 14.2 Å². The van der Waals surface area contributed by atoms with Crippen molar-refractivity contribution in [1.82, 2.24) is 29.6 Å². The highest BCUT2D eigenvalue weighted by Crippen LogP contribution is 2.37. The number of nitriles is 1. The molecule has 13 nitrogen and oxygen atoms in total. The summed E-state index contributed by atoms with van der Waals surface area (Å²) in [5, 5.41) is 15.1. The summed E-state index contributed by atoms with van der Waals surface area (Å²) in [7, 11) is 5.08. The van der Waals surface area contributed by atoms with Gasteiger partial charge in [0.25, 0.3) is 11.5 Å². The molecule has 2 amide bonds. The number of methoxy groups -OCH3 is 2. The van der Waals surface area contributed by atoms with Crippen LogP contribution in [0.25, 0.3) is 17.2 Å². The van der Waals surface area contributed by atoms with Crippen LogP contribution in [-0.4, -0.2) is 103 Å². The molecule has 56 heavy (non-hydrogen) atoms. The van der Waals surface area contributed by atoms with E-state index >= 15 is 0 Å². The third kappa shape index (κ3) is 8.97. The Morgan fingerprint density at radius 2 is 1.75 bits per heavy atom. The molecule has 0 bridgehead atoms. The monoisotopic (exact) mass is 779 g/mol. The second-order valence-corrected chi connectivity index (χ2v) is 15.1. The van der Waals surface area contributed by atoms with Crippen molar-refractivity contribution >= 4 is 29.2 Å². The van der Waals surface area contributed by atoms with Crippen molar-refractivity contribution in [1.29, 1.82) is 5.26 Å². The van der Waals surface area contributed by atoms with E-state index in [9.17, 15) is 19.6 Å². The van der Waals surface area contributed by atoms with Gasteiger partial charge in [0, 0.05) is 75.2 Å². The van der Waals surface area contributed by atoms with Crippen molar-refractivity contribution in [3.05, 3.63) is 96.9 Å². The number of hydrogen-bond acceptors (Lipinski definition) is 11. The largest absolute Gasteiger partial charge is 0.496 e. The molecule has 1 saturated heterocycles. The van der Waals surface area contributed by atoms with Gasteiger partial charge in [0.2, 0.25) is 5.91 Å². The minimum absolute atomic E-state index is 0.00979. The predicted molar refractivity (Wildman–Crippen MR) is 216 cm³/mol. The highest BCUT2D eigenvalue weighted by Gasteiger charge is 2.30. The molecule has 1 unspecified atom stereocenters. The zero-order valence-corrected chi connectivity index (χ0v) is 33.7. The number of amides is 2. The van der Waals surface area contributed by atoms with E-state index < -0.39 is 0 Å². The number of pyridine rings is 1. The first kappa shape index (κ1) is 40.2. The Morgan fingerprint density at radius 3 is 2.41 bits per heavy atom. The molecule has 0 radical (unpaired) electrons. The number of carbonyl (C=O) groups is 2. The molecular formula is C42H49N7O6S. The summed E-state index contributed by atoms with van der Waals surface area (Å²) in [4.78, 5) is 48.9. The number of thiazole rings is 1. The predicted octanol–water partition coefficient (Wildman–Crippen LogP) is 4.51. The van der Waals surface area contributed by atoms with Crippen molar-refractivity contribution < 1.29 is 23.8 Å². The number of aromatic nitrogens is 2. The maximum absolute atomic E-state index is 13.2. The average Bonchev–Trinajstić information content (AvgIpc) is 3.73. The summed E-state index contributed by atoms with van der Waals surface area (Å²) in [6.07, 6.45) is 5.70. The van der Waals surface area contributed by atoms with Crippen LogP contribution in [0.5, 0.6) is 17.2 Å². The van der Waals surface area contributed by atoms with Crippen LogP contribution in [0.4, 0.5) is 0 Å². The lowest BCUT2D eigenvalue weighted by molar-refractivity contribution is -0.129. The number of benzene rings is 2.